The van der Waals surface area contributed by atoms with E-state index in [1.54, 1.807) is 32.0 Å². The van der Waals surface area contributed by atoms with Gasteiger partial charge in [-0.05, 0) is 37.6 Å². The van der Waals surface area contributed by atoms with E-state index in [0.717, 1.165) is 11.3 Å². The predicted molar refractivity (Wildman–Crippen MR) is 114 cm³/mol. The molecule has 0 saturated carbocycles. The van der Waals surface area contributed by atoms with Crippen LogP contribution in [0.2, 0.25) is 10.0 Å². The van der Waals surface area contributed by atoms with E-state index >= 15 is 0 Å². The van der Waals surface area contributed by atoms with Crippen LogP contribution in [0.4, 0.5) is 11.4 Å². The fraction of sp³-hybridized carbons (Fsp3) is 0.316. The van der Waals surface area contributed by atoms with E-state index < -0.39 is 13.5 Å². The molecule has 0 heterocycles. The summed E-state index contributed by atoms with van der Waals surface area (Å²) in [7, 11) is -3.44. The van der Waals surface area contributed by atoms with Crippen LogP contribution in [0.5, 0.6) is 0 Å². The molecule has 0 spiro atoms. The lowest BCUT2D eigenvalue weighted by molar-refractivity contribution is -0.119. The Morgan fingerprint density at radius 3 is 2.21 bits per heavy atom. The number of benzene rings is 2. The Balaban J connectivity index is 2.07. The van der Waals surface area contributed by atoms with Crippen LogP contribution in [0.3, 0.4) is 0 Å². The lowest BCUT2D eigenvalue weighted by Gasteiger charge is -2.17. The van der Waals surface area contributed by atoms with Gasteiger partial charge in [0.25, 0.3) is 0 Å². The van der Waals surface area contributed by atoms with Crippen molar-refractivity contribution >= 4 is 48.1 Å². The maximum absolute atomic E-state index is 12.5. The van der Waals surface area contributed by atoms with Gasteiger partial charge in [0.05, 0.1) is 28.9 Å². The Kier molecular flexibility index (Phi) is 8.80. The summed E-state index contributed by atoms with van der Waals surface area (Å²) < 4.78 is 22.8. The van der Waals surface area contributed by atoms with Crippen molar-refractivity contribution in [3.05, 3.63) is 58.1 Å². The third-order valence-corrected chi connectivity index (χ3v) is 6.31. The molecule has 6 nitrogen and oxygen atoms in total. The maximum atomic E-state index is 12.5. The molecule has 0 atom stereocenters. The molecule has 0 saturated heterocycles. The molecule has 0 aliphatic heterocycles. The molecule has 9 heteroatoms. The van der Waals surface area contributed by atoms with E-state index in [9.17, 15) is 9.36 Å². The molecule has 0 fully saturated rings. The Bertz CT molecular complexity index is 833. The summed E-state index contributed by atoms with van der Waals surface area (Å²) in [5.41, 5.74) is 2.15. The quantitative estimate of drug-likeness (QED) is 0.465. The van der Waals surface area contributed by atoms with Gasteiger partial charge in [0, 0.05) is 12.2 Å². The Hall–Kier alpha value is -1.56. The number of hydrogen-bond donors (Lipinski definition) is 2. The first-order valence-electron chi connectivity index (χ1n) is 8.82. The van der Waals surface area contributed by atoms with Crippen molar-refractivity contribution in [3.8, 4) is 0 Å². The molecule has 0 aliphatic rings. The van der Waals surface area contributed by atoms with Gasteiger partial charge >= 0.3 is 7.60 Å². The molecule has 2 aromatic carbocycles. The molecule has 1 amide bonds. The maximum Gasteiger partial charge on any atom is 0.340 e. The van der Waals surface area contributed by atoms with Crippen LogP contribution >= 0.6 is 30.8 Å². The van der Waals surface area contributed by atoms with Crippen molar-refractivity contribution in [1.29, 1.82) is 0 Å². The fourth-order valence-corrected chi connectivity index (χ4v) is 4.50. The van der Waals surface area contributed by atoms with E-state index in [0.29, 0.717) is 15.7 Å². The Morgan fingerprint density at radius 1 is 1.00 bits per heavy atom. The first-order valence-corrected chi connectivity index (χ1v) is 11.3. The Labute approximate surface area is 175 Å². The SMILES string of the molecule is CCOP(=O)(CC(=O)NCc1ccccc1Nc1c(Cl)cccc1Cl)OCC. The molecule has 2 rings (SSSR count). The largest absolute Gasteiger partial charge is 0.353 e. The zero-order chi connectivity index (χ0) is 20.6. The standard InChI is InChI=1S/C19H23Cl2N2O4P/c1-3-26-28(25,27-4-2)13-18(24)22-12-14-8-5-6-11-17(14)23-19-15(20)9-7-10-16(19)21/h5-11,23H,3-4,12-13H2,1-2H3,(H,22,24). The zero-order valence-electron chi connectivity index (χ0n) is 15.7. The lowest BCUT2D eigenvalue weighted by atomic mass is 10.1. The van der Waals surface area contributed by atoms with Gasteiger partial charge in [-0.25, -0.2) is 0 Å². The highest BCUT2D eigenvalue weighted by atomic mass is 35.5. The Morgan fingerprint density at radius 2 is 1.61 bits per heavy atom. The third kappa shape index (κ3) is 6.50. The third-order valence-electron chi connectivity index (χ3n) is 3.70. The van der Waals surface area contributed by atoms with Crippen LogP contribution in [0.15, 0.2) is 42.5 Å². The first kappa shape index (κ1) is 22.7. The molecular weight excluding hydrogens is 422 g/mol. The van der Waals surface area contributed by atoms with E-state index in [4.69, 9.17) is 32.2 Å². The van der Waals surface area contributed by atoms with Gasteiger partial charge in [0.1, 0.15) is 6.16 Å². The minimum atomic E-state index is -3.44. The number of hydrogen-bond acceptors (Lipinski definition) is 5. The second-order valence-electron chi connectivity index (χ2n) is 5.76. The van der Waals surface area contributed by atoms with Crippen molar-refractivity contribution in [2.45, 2.75) is 20.4 Å². The summed E-state index contributed by atoms with van der Waals surface area (Å²) in [5.74, 6) is -0.421. The molecule has 0 aromatic heterocycles. The average molecular weight is 445 g/mol. The van der Waals surface area contributed by atoms with E-state index in [1.165, 1.54) is 0 Å². The average Bonchev–Trinajstić information content (AvgIpc) is 2.64. The van der Waals surface area contributed by atoms with Crippen molar-refractivity contribution in [2.75, 3.05) is 24.7 Å². The highest BCUT2D eigenvalue weighted by Crippen LogP contribution is 2.47. The van der Waals surface area contributed by atoms with E-state index in [2.05, 4.69) is 10.6 Å². The minimum Gasteiger partial charge on any atom is -0.353 e. The summed E-state index contributed by atoms with van der Waals surface area (Å²) in [6.07, 6.45) is -0.333. The number of halogens is 2. The summed E-state index contributed by atoms with van der Waals surface area (Å²) in [6, 6.07) is 12.7. The summed E-state index contributed by atoms with van der Waals surface area (Å²) in [4.78, 5) is 12.3. The number of para-hydroxylation sites is 2. The van der Waals surface area contributed by atoms with Crippen LogP contribution in [-0.4, -0.2) is 25.3 Å². The number of carbonyl (C=O) groups excluding carboxylic acids is 1. The van der Waals surface area contributed by atoms with Crippen LogP contribution in [0.1, 0.15) is 19.4 Å². The molecule has 0 bridgehead atoms. The van der Waals surface area contributed by atoms with Gasteiger partial charge in [0.2, 0.25) is 5.91 Å². The van der Waals surface area contributed by atoms with E-state index in [1.807, 2.05) is 24.3 Å². The highest BCUT2D eigenvalue weighted by Gasteiger charge is 2.27. The van der Waals surface area contributed by atoms with Gasteiger partial charge in [-0.15, -0.1) is 0 Å². The number of carbonyl (C=O) groups is 1. The number of amides is 1. The first-order chi connectivity index (χ1) is 13.4. The van der Waals surface area contributed by atoms with Gasteiger partial charge < -0.3 is 19.7 Å². The van der Waals surface area contributed by atoms with Crippen molar-refractivity contribution in [1.82, 2.24) is 5.32 Å². The van der Waals surface area contributed by atoms with E-state index in [-0.39, 0.29) is 25.9 Å². The molecule has 152 valence electrons. The minimum absolute atomic E-state index is 0.204. The highest BCUT2D eigenvalue weighted by molar-refractivity contribution is 7.54. The zero-order valence-corrected chi connectivity index (χ0v) is 18.1. The van der Waals surface area contributed by atoms with Crippen LogP contribution in [-0.2, 0) is 25.0 Å². The molecular formula is C19H23Cl2N2O4P. The van der Waals surface area contributed by atoms with Crippen LogP contribution in [0.25, 0.3) is 0 Å². The molecule has 28 heavy (non-hydrogen) atoms. The molecule has 0 radical (unpaired) electrons. The lowest BCUT2D eigenvalue weighted by Crippen LogP contribution is -2.27. The molecule has 2 N–H and O–H groups in total. The number of rotatable bonds is 10. The monoisotopic (exact) mass is 444 g/mol. The summed E-state index contributed by atoms with van der Waals surface area (Å²) in [5, 5.41) is 6.93. The van der Waals surface area contributed by atoms with Crippen LogP contribution < -0.4 is 10.6 Å². The fourth-order valence-electron chi connectivity index (χ4n) is 2.50. The molecule has 0 unspecified atom stereocenters. The van der Waals surface area contributed by atoms with Crippen molar-refractivity contribution < 1.29 is 18.4 Å². The van der Waals surface area contributed by atoms with Crippen molar-refractivity contribution in [2.24, 2.45) is 0 Å². The second kappa shape index (κ2) is 10.8. The summed E-state index contributed by atoms with van der Waals surface area (Å²) in [6.45, 7) is 4.03. The van der Waals surface area contributed by atoms with Gasteiger partial charge in [-0.1, -0.05) is 47.5 Å². The van der Waals surface area contributed by atoms with Crippen LogP contribution in [0, 0.1) is 0 Å². The topological polar surface area (TPSA) is 76.7 Å². The van der Waals surface area contributed by atoms with Gasteiger partial charge in [0.15, 0.2) is 0 Å². The molecule has 2 aromatic rings. The second-order valence-corrected chi connectivity index (χ2v) is 8.63. The predicted octanol–water partition coefficient (Wildman–Crippen LogP) is 5.62. The normalized spacial score (nSPS) is 11.3. The molecule has 0 aliphatic carbocycles. The van der Waals surface area contributed by atoms with Gasteiger partial charge in [-0.2, -0.15) is 0 Å². The summed E-state index contributed by atoms with van der Waals surface area (Å²) >= 11 is 12.4. The van der Waals surface area contributed by atoms with Crippen molar-refractivity contribution in [3.63, 3.8) is 0 Å². The number of nitrogens with one attached hydrogen (secondary N) is 2. The van der Waals surface area contributed by atoms with Gasteiger partial charge in [-0.3, -0.25) is 9.36 Å². The number of anilines is 2. The smallest absolute Gasteiger partial charge is 0.340 e.